The zero-order valence-corrected chi connectivity index (χ0v) is 12.2. The van der Waals surface area contributed by atoms with Crippen molar-refractivity contribution in [3.8, 4) is 11.5 Å². The molecule has 0 spiro atoms. The summed E-state index contributed by atoms with van der Waals surface area (Å²) in [6, 6.07) is 1.76. The van der Waals surface area contributed by atoms with Gasteiger partial charge in [-0.15, -0.1) is 0 Å². The van der Waals surface area contributed by atoms with Gasteiger partial charge in [0, 0.05) is 16.6 Å². The van der Waals surface area contributed by atoms with E-state index < -0.39 is 11.9 Å². The summed E-state index contributed by atoms with van der Waals surface area (Å²) in [6.07, 6.45) is 0.657. The number of carbonyl (C=O) groups is 1. The molecule has 3 N–H and O–H groups in total. The molecule has 1 aromatic rings. The molecule has 2 rings (SSSR count). The molecule has 1 heterocycles. The van der Waals surface area contributed by atoms with Gasteiger partial charge in [0.1, 0.15) is 13.2 Å². The van der Waals surface area contributed by atoms with Crippen LogP contribution in [0.5, 0.6) is 11.5 Å². The summed E-state index contributed by atoms with van der Waals surface area (Å²) in [6.45, 7) is 2.97. The number of ether oxygens (including phenoxy) is 2. The summed E-state index contributed by atoms with van der Waals surface area (Å²) < 4.78 is 11.9. The number of nitrogens with two attached hydrogens (primary N) is 1. The summed E-state index contributed by atoms with van der Waals surface area (Å²) in [5.41, 5.74) is 7.13. The van der Waals surface area contributed by atoms with Crippen LogP contribution in [0.25, 0.3) is 0 Å². The standard InChI is InChI=1S/C13H16BrNO4/c1-2-7-11(8(6-15)13(16)17)9(14)5-10-12(7)19-4-3-18-10/h5,8H,2-4,6,15H2,1H3,(H,16,17). The number of rotatable bonds is 4. The van der Waals surface area contributed by atoms with Crippen LogP contribution in [0.4, 0.5) is 0 Å². The molecule has 0 radical (unpaired) electrons. The first-order valence-electron chi connectivity index (χ1n) is 6.13. The maximum atomic E-state index is 11.3. The predicted molar refractivity (Wildman–Crippen MR) is 73.9 cm³/mol. The summed E-state index contributed by atoms with van der Waals surface area (Å²) in [4.78, 5) is 11.3. The normalized spacial score (nSPS) is 15.1. The number of hydrogen-bond acceptors (Lipinski definition) is 4. The van der Waals surface area contributed by atoms with Crippen molar-refractivity contribution in [2.24, 2.45) is 5.73 Å². The molecule has 0 fully saturated rings. The third-order valence-corrected chi connectivity index (χ3v) is 3.82. The zero-order chi connectivity index (χ0) is 14.0. The molecule has 0 aliphatic carbocycles. The van der Waals surface area contributed by atoms with E-state index >= 15 is 0 Å². The fraction of sp³-hybridized carbons (Fsp3) is 0.462. The topological polar surface area (TPSA) is 81.8 Å². The average molecular weight is 330 g/mol. The van der Waals surface area contributed by atoms with E-state index in [4.69, 9.17) is 15.2 Å². The number of benzene rings is 1. The molecule has 0 saturated heterocycles. The highest BCUT2D eigenvalue weighted by Crippen LogP contribution is 2.43. The first-order valence-corrected chi connectivity index (χ1v) is 6.93. The summed E-state index contributed by atoms with van der Waals surface area (Å²) in [7, 11) is 0. The predicted octanol–water partition coefficient (Wildman–Crippen LogP) is 1.91. The molecule has 0 aromatic heterocycles. The Labute approximate surface area is 119 Å². The van der Waals surface area contributed by atoms with Gasteiger partial charge in [-0.3, -0.25) is 4.79 Å². The first kappa shape index (κ1) is 14.1. The molecule has 5 nitrogen and oxygen atoms in total. The minimum Gasteiger partial charge on any atom is -0.486 e. The molecule has 6 heteroatoms. The second-order valence-electron chi connectivity index (χ2n) is 4.25. The van der Waals surface area contributed by atoms with E-state index in [-0.39, 0.29) is 6.54 Å². The van der Waals surface area contributed by atoms with Crippen LogP contribution >= 0.6 is 15.9 Å². The van der Waals surface area contributed by atoms with Crippen molar-refractivity contribution in [1.82, 2.24) is 0 Å². The number of fused-ring (bicyclic) bond motifs is 1. The SMILES string of the molecule is CCc1c2c(cc(Br)c1C(CN)C(=O)O)OCCO2. The lowest BCUT2D eigenvalue weighted by Gasteiger charge is -2.25. The molecule has 1 aliphatic heterocycles. The minimum absolute atomic E-state index is 0.0422. The van der Waals surface area contributed by atoms with E-state index in [0.717, 1.165) is 5.56 Å². The lowest BCUT2D eigenvalue weighted by atomic mass is 9.91. The Morgan fingerprint density at radius 3 is 2.79 bits per heavy atom. The molecule has 19 heavy (non-hydrogen) atoms. The van der Waals surface area contributed by atoms with Crippen LogP contribution in [0.1, 0.15) is 24.0 Å². The third kappa shape index (κ3) is 2.55. The van der Waals surface area contributed by atoms with Crippen LogP contribution in [0.3, 0.4) is 0 Å². The largest absolute Gasteiger partial charge is 0.486 e. The molecule has 0 saturated carbocycles. The average Bonchev–Trinajstić information content (AvgIpc) is 2.39. The van der Waals surface area contributed by atoms with E-state index in [0.29, 0.717) is 41.2 Å². The number of aliphatic carboxylic acids is 1. The van der Waals surface area contributed by atoms with E-state index in [9.17, 15) is 9.90 Å². The van der Waals surface area contributed by atoms with Crippen LogP contribution in [0, 0.1) is 0 Å². The van der Waals surface area contributed by atoms with Gasteiger partial charge in [0.05, 0.1) is 5.92 Å². The first-order chi connectivity index (χ1) is 9.10. The molecule has 1 atom stereocenters. The Hall–Kier alpha value is -1.27. The Morgan fingerprint density at radius 2 is 2.21 bits per heavy atom. The van der Waals surface area contributed by atoms with Crippen molar-refractivity contribution in [1.29, 1.82) is 0 Å². The summed E-state index contributed by atoms with van der Waals surface area (Å²) >= 11 is 3.42. The van der Waals surface area contributed by atoms with Crippen molar-refractivity contribution >= 4 is 21.9 Å². The third-order valence-electron chi connectivity index (χ3n) is 3.16. The van der Waals surface area contributed by atoms with Crippen LogP contribution in [-0.4, -0.2) is 30.8 Å². The molecule has 0 amide bonds. The van der Waals surface area contributed by atoms with Crippen molar-refractivity contribution < 1.29 is 19.4 Å². The Balaban J connectivity index is 2.62. The van der Waals surface area contributed by atoms with E-state index in [1.807, 2.05) is 6.92 Å². The van der Waals surface area contributed by atoms with Gasteiger partial charge >= 0.3 is 5.97 Å². The van der Waals surface area contributed by atoms with Crippen molar-refractivity contribution in [3.05, 3.63) is 21.7 Å². The van der Waals surface area contributed by atoms with E-state index in [2.05, 4.69) is 15.9 Å². The molecule has 104 valence electrons. The Morgan fingerprint density at radius 1 is 1.53 bits per heavy atom. The Kier molecular flexibility index (Phi) is 4.31. The zero-order valence-electron chi connectivity index (χ0n) is 10.6. The molecule has 1 aromatic carbocycles. The number of hydrogen-bond donors (Lipinski definition) is 2. The van der Waals surface area contributed by atoms with Crippen LogP contribution in [0.2, 0.25) is 0 Å². The number of carboxylic acid groups (broad SMARTS) is 1. The van der Waals surface area contributed by atoms with Gasteiger partial charge in [-0.25, -0.2) is 0 Å². The van der Waals surface area contributed by atoms with Gasteiger partial charge in [0.25, 0.3) is 0 Å². The molecule has 1 aliphatic rings. The van der Waals surface area contributed by atoms with Gasteiger partial charge in [0.2, 0.25) is 0 Å². The maximum absolute atomic E-state index is 11.3. The molecular formula is C13H16BrNO4. The highest BCUT2D eigenvalue weighted by molar-refractivity contribution is 9.10. The summed E-state index contributed by atoms with van der Waals surface area (Å²) in [5.74, 6) is -0.388. The van der Waals surface area contributed by atoms with Gasteiger partial charge in [-0.2, -0.15) is 0 Å². The van der Waals surface area contributed by atoms with E-state index in [1.165, 1.54) is 0 Å². The summed E-state index contributed by atoms with van der Waals surface area (Å²) in [5, 5.41) is 9.30. The molecule has 1 unspecified atom stereocenters. The highest BCUT2D eigenvalue weighted by atomic mass is 79.9. The fourth-order valence-corrected chi connectivity index (χ4v) is 3.03. The number of halogens is 1. The van der Waals surface area contributed by atoms with Crippen molar-refractivity contribution in [2.75, 3.05) is 19.8 Å². The number of carboxylic acids is 1. The van der Waals surface area contributed by atoms with Gasteiger partial charge in [-0.1, -0.05) is 22.9 Å². The maximum Gasteiger partial charge on any atom is 0.312 e. The molecular weight excluding hydrogens is 314 g/mol. The minimum atomic E-state index is -0.936. The fourth-order valence-electron chi connectivity index (χ4n) is 2.30. The Bertz CT molecular complexity index is 504. The molecule has 0 bridgehead atoms. The quantitative estimate of drug-likeness (QED) is 0.881. The lowest BCUT2D eigenvalue weighted by molar-refractivity contribution is -0.138. The monoisotopic (exact) mass is 329 g/mol. The van der Waals surface area contributed by atoms with Gasteiger partial charge in [-0.05, 0) is 18.1 Å². The van der Waals surface area contributed by atoms with Crippen molar-refractivity contribution in [3.63, 3.8) is 0 Å². The highest BCUT2D eigenvalue weighted by Gasteiger charge is 2.28. The van der Waals surface area contributed by atoms with Gasteiger partial charge in [0.15, 0.2) is 11.5 Å². The lowest BCUT2D eigenvalue weighted by Crippen LogP contribution is -2.24. The smallest absolute Gasteiger partial charge is 0.312 e. The van der Waals surface area contributed by atoms with Crippen molar-refractivity contribution in [2.45, 2.75) is 19.3 Å². The van der Waals surface area contributed by atoms with E-state index in [1.54, 1.807) is 6.07 Å². The van der Waals surface area contributed by atoms with Crippen LogP contribution < -0.4 is 15.2 Å². The van der Waals surface area contributed by atoms with Crippen LogP contribution in [0.15, 0.2) is 10.5 Å². The van der Waals surface area contributed by atoms with Crippen LogP contribution in [-0.2, 0) is 11.2 Å². The van der Waals surface area contributed by atoms with Gasteiger partial charge < -0.3 is 20.3 Å². The second kappa shape index (κ2) is 5.79. The second-order valence-corrected chi connectivity index (χ2v) is 5.11.